The van der Waals surface area contributed by atoms with E-state index in [2.05, 4.69) is 15.0 Å². The minimum Gasteiger partial charge on any atom is -0.346 e. The van der Waals surface area contributed by atoms with E-state index in [4.69, 9.17) is 0 Å². The van der Waals surface area contributed by atoms with Crippen molar-refractivity contribution < 1.29 is 9.18 Å². The van der Waals surface area contributed by atoms with Crippen molar-refractivity contribution in [3.8, 4) is 10.6 Å². The summed E-state index contributed by atoms with van der Waals surface area (Å²) in [6.45, 7) is 1.50. The van der Waals surface area contributed by atoms with Crippen LogP contribution in [0.2, 0.25) is 0 Å². The fourth-order valence-electron chi connectivity index (χ4n) is 2.29. The third-order valence-electron chi connectivity index (χ3n) is 3.34. The number of carbonyl (C=O) groups is 1. The number of thiazole rings is 1. The molecule has 22 heavy (non-hydrogen) atoms. The summed E-state index contributed by atoms with van der Waals surface area (Å²) in [5, 5.41) is 3.35. The summed E-state index contributed by atoms with van der Waals surface area (Å²) in [6, 6.07) is 3.79. The monoisotopic (exact) mass is 318 g/mol. The van der Waals surface area contributed by atoms with Gasteiger partial charge >= 0.3 is 0 Å². The molecule has 7 heteroatoms. The fraction of sp³-hybridized carbons (Fsp3) is 0.267. The molecule has 0 radical (unpaired) electrons. The Kier molecular flexibility index (Phi) is 4.15. The fourth-order valence-corrected chi connectivity index (χ4v) is 3.12. The van der Waals surface area contributed by atoms with Crippen LogP contribution in [-0.2, 0) is 0 Å². The summed E-state index contributed by atoms with van der Waals surface area (Å²) in [6.07, 6.45) is 4.22. The Bertz CT molecular complexity index is 798. The highest BCUT2D eigenvalue weighted by Gasteiger charge is 2.19. The second-order valence-corrected chi connectivity index (χ2v) is 5.68. The van der Waals surface area contributed by atoms with Crippen LogP contribution in [0.25, 0.3) is 21.6 Å². The van der Waals surface area contributed by atoms with Gasteiger partial charge in [-0.05, 0) is 18.6 Å². The number of rotatable bonds is 5. The lowest BCUT2D eigenvalue weighted by atomic mass is 10.2. The van der Waals surface area contributed by atoms with E-state index in [1.807, 2.05) is 25.3 Å². The highest BCUT2D eigenvalue weighted by atomic mass is 32.1. The molecule has 0 atom stereocenters. The molecule has 0 fully saturated rings. The lowest BCUT2D eigenvalue weighted by molar-refractivity contribution is 0.0675. The van der Waals surface area contributed by atoms with E-state index in [9.17, 15) is 9.18 Å². The standard InChI is InChI=1S/C15H15FN4OS/c1-2-7-20(9-16)15(21)12-8-22-14(19-12)11-4-6-18-13-10(11)3-5-17-13/h3-6,8H,2,7,9H2,1H3,(H,17,18). The van der Waals surface area contributed by atoms with Crippen LogP contribution >= 0.6 is 11.3 Å². The molecule has 0 saturated carbocycles. The van der Waals surface area contributed by atoms with Gasteiger partial charge in [0.1, 0.15) is 16.3 Å². The van der Waals surface area contributed by atoms with Gasteiger partial charge in [0.15, 0.2) is 6.80 Å². The van der Waals surface area contributed by atoms with Crippen LogP contribution < -0.4 is 0 Å². The number of H-pyrrole nitrogens is 1. The highest BCUT2D eigenvalue weighted by molar-refractivity contribution is 7.13. The van der Waals surface area contributed by atoms with Gasteiger partial charge in [-0.2, -0.15) is 0 Å². The van der Waals surface area contributed by atoms with Crippen molar-refractivity contribution in [3.05, 3.63) is 35.6 Å². The number of aromatic amines is 1. The third-order valence-corrected chi connectivity index (χ3v) is 4.21. The van der Waals surface area contributed by atoms with Crippen molar-refractivity contribution >= 4 is 28.3 Å². The van der Waals surface area contributed by atoms with Crippen LogP contribution in [0.4, 0.5) is 4.39 Å². The van der Waals surface area contributed by atoms with E-state index >= 15 is 0 Å². The second kappa shape index (κ2) is 6.23. The van der Waals surface area contributed by atoms with Crippen molar-refractivity contribution in [2.45, 2.75) is 13.3 Å². The topological polar surface area (TPSA) is 61.9 Å². The maximum Gasteiger partial charge on any atom is 0.275 e. The second-order valence-electron chi connectivity index (χ2n) is 4.82. The average Bonchev–Trinajstić information content (AvgIpc) is 3.20. The molecule has 5 nitrogen and oxygen atoms in total. The normalized spacial score (nSPS) is 11.0. The van der Waals surface area contributed by atoms with E-state index in [-0.39, 0.29) is 11.6 Å². The molecule has 114 valence electrons. The van der Waals surface area contributed by atoms with E-state index in [0.717, 1.165) is 26.5 Å². The van der Waals surface area contributed by atoms with Crippen LogP contribution in [0.15, 0.2) is 29.9 Å². The molecule has 3 heterocycles. The van der Waals surface area contributed by atoms with Crippen LogP contribution in [0.5, 0.6) is 0 Å². The third kappa shape index (κ3) is 2.59. The molecule has 3 rings (SSSR count). The number of nitrogens with zero attached hydrogens (tertiary/aromatic N) is 3. The van der Waals surface area contributed by atoms with Crippen molar-refractivity contribution in [3.63, 3.8) is 0 Å². The maximum atomic E-state index is 12.9. The molecule has 3 aromatic heterocycles. The number of pyridine rings is 1. The van der Waals surface area contributed by atoms with E-state index < -0.39 is 6.80 Å². The van der Waals surface area contributed by atoms with Gasteiger partial charge in [-0.25, -0.2) is 14.4 Å². The van der Waals surface area contributed by atoms with Crippen molar-refractivity contribution in [2.75, 3.05) is 13.3 Å². The molecule has 0 bridgehead atoms. The summed E-state index contributed by atoms with van der Waals surface area (Å²) < 4.78 is 12.9. The Balaban J connectivity index is 1.94. The Hall–Kier alpha value is -2.28. The molecular formula is C15H15FN4OS. The summed E-state index contributed by atoms with van der Waals surface area (Å²) in [5.41, 5.74) is 1.97. The molecule has 0 aliphatic rings. The van der Waals surface area contributed by atoms with Crippen LogP contribution in [0, 0.1) is 0 Å². The SMILES string of the molecule is CCCN(CF)C(=O)c1csc(-c2ccnc3[nH]ccc23)n1. The van der Waals surface area contributed by atoms with Gasteiger partial charge in [0.2, 0.25) is 0 Å². The predicted octanol–water partition coefficient (Wildman–Crippen LogP) is 3.47. The van der Waals surface area contributed by atoms with Gasteiger partial charge in [-0.3, -0.25) is 4.79 Å². The smallest absolute Gasteiger partial charge is 0.275 e. The number of nitrogens with one attached hydrogen (secondary N) is 1. The first-order valence-corrected chi connectivity index (χ1v) is 7.85. The van der Waals surface area contributed by atoms with Gasteiger partial charge in [0.05, 0.1) is 0 Å². The zero-order valence-electron chi connectivity index (χ0n) is 12.0. The van der Waals surface area contributed by atoms with E-state index in [1.165, 1.54) is 11.3 Å². The van der Waals surface area contributed by atoms with Gasteiger partial charge < -0.3 is 9.88 Å². The van der Waals surface area contributed by atoms with Crippen LogP contribution in [0.3, 0.4) is 0 Å². The lowest BCUT2D eigenvalue weighted by Crippen LogP contribution is -2.31. The average molecular weight is 318 g/mol. The highest BCUT2D eigenvalue weighted by Crippen LogP contribution is 2.29. The molecule has 0 saturated heterocycles. The molecule has 0 aliphatic carbocycles. The van der Waals surface area contributed by atoms with Crippen molar-refractivity contribution in [1.29, 1.82) is 0 Å². The largest absolute Gasteiger partial charge is 0.346 e. The molecule has 3 aromatic rings. The number of fused-ring (bicyclic) bond motifs is 1. The van der Waals surface area contributed by atoms with E-state index in [1.54, 1.807) is 11.6 Å². The first kappa shape index (κ1) is 14.6. The maximum absolute atomic E-state index is 12.9. The van der Waals surface area contributed by atoms with Gasteiger partial charge in [0.25, 0.3) is 5.91 Å². The zero-order chi connectivity index (χ0) is 15.5. The summed E-state index contributed by atoms with van der Waals surface area (Å²) in [7, 11) is 0. The van der Waals surface area contributed by atoms with Crippen LogP contribution in [0.1, 0.15) is 23.8 Å². The van der Waals surface area contributed by atoms with E-state index in [0.29, 0.717) is 13.0 Å². The first-order chi connectivity index (χ1) is 10.7. The number of halogens is 1. The number of amides is 1. The summed E-state index contributed by atoms with van der Waals surface area (Å²) in [5.74, 6) is -0.369. The molecule has 1 N–H and O–H groups in total. The summed E-state index contributed by atoms with van der Waals surface area (Å²) >= 11 is 1.37. The molecule has 0 aromatic carbocycles. The van der Waals surface area contributed by atoms with Gasteiger partial charge in [-0.15, -0.1) is 11.3 Å². The molecule has 1 amide bonds. The Morgan fingerprint density at radius 2 is 2.32 bits per heavy atom. The number of hydrogen-bond donors (Lipinski definition) is 1. The lowest BCUT2D eigenvalue weighted by Gasteiger charge is -2.16. The predicted molar refractivity (Wildman–Crippen MR) is 84.5 cm³/mol. The first-order valence-electron chi connectivity index (χ1n) is 6.97. The van der Waals surface area contributed by atoms with Crippen molar-refractivity contribution in [2.24, 2.45) is 0 Å². The van der Waals surface area contributed by atoms with Crippen LogP contribution in [-0.4, -0.2) is 39.1 Å². The number of hydrogen-bond acceptors (Lipinski definition) is 4. The molecule has 0 unspecified atom stereocenters. The van der Waals surface area contributed by atoms with Gasteiger partial charge in [0, 0.05) is 35.3 Å². The van der Waals surface area contributed by atoms with Crippen molar-refractivity contribution in [1.82, 2.24) is 19.9 Å². The van der Waals surface area contributed by atoms with Gasteiger partial charge in [-0.1, -0.05) is 6.92 Å². The summed E-state index contributed by atoms with van der Waals surface area (Å²) in [4.78, 5) is 25.1. The molecule has 0 spiro atoms. The number of carbonyl (C=O) groups excluding carboxylic acids is 1. The number of aromatic nitrogens is 3. The Labute approximate surface area is 130 Å². The Morgan fingerprint density at radius 1 is 1.45 bits per heavy atom. The quantitative estimate of drug-likeness (QED) is 0.733. The Morgan fingerprint density at radius 3 is 3.09 bits per heavy atom. The number of alkyl halides is 1. The minimum atomic E-state index is -0.795. The minimum absolute atomic E-state index is 0.284. The zero-order valence-corrected chi connectivity index (χ0v) is 12.9. The molecular weight excluding hydrogens is 303 g/mol. The molecule has 0 aliphatic heterocycles.